The highest BCUT2D eigenvalue weighted by atomic mass is 16.3. The minimum atomic E-state index is 0.687. The first-order valence-corrected chi connectivity index (χ1v) is 8.20. The molecular formula is C17H31N3O. The second-order valence-electron chi connectivity index (χ2n) is 6.96. The molecule has 2 rings (SSSR count). The van der Waals surface area contributed by atoms with Gasteiger partial charge in [0.25, 0.3) is 0 Å². The Labute approximate surface area is 129 Å². The second kappa shape index (κ2) is 7.97. The van der Waals surface area contributed by atoms with Crippen molar-refractivity contribution in [2.75, 3.05) is 33.7 Å². The predicted octanol–water partition coefficient (Wildman–Crippen LogP) is 2.55. The summed E-state index contributed by atoms with van der Waals surface area (Å²) in [5, 5.41) is 3.54. The van der Waals surface area contributed by atoms with E-state index in [4.69, 9.17) is 4.42 Å². The van der Waals surface area contributed by atoms with E-state index in [2.05, 4.69) is 49.1 Å². The van der Waals surface area contributed by atoms with Crippen LogP contribution < -0.4 is 5.32 Å². The lowest BCUT2D eigenvalue weighted by Gasteiger charge is -2.25. The normalized spacial score (nSPS) is 15.6. The third-order valence-electron chi connectivity index (χ3n) is 3.85. The maximum absolute atomic E-state index is 5.67. The lowest BCUT2D eigenvalue weighted by atomic mass is 10.1. The van der Waals surface area contributed by atoms with E-state index in [-0.39, 0.29) is 0 Å². The van der Waals surface area contributed by atoms with Crippen LogP contribution >= 0.6 is 0 Å². The van der Waals surface area contributed by atoms with Crippen molar-refractivity contribution in [2.24, 2.45) is 5.92 Å². The van der Waals surface area contributed by atoms with Crippen LogP contribution in [0.3, 0.4) is 0 Å². The zero-order valence-corrected chi connectivity index (χ0v) is 14.1. The Balaban J connectivity index is 1.89. The van der Waals surface area contributed by atoms with Crippen LogP contribution in [0.25, 0.3) is 0 Å². The molecule has 1 heterocycles. The molecule has 1 aromatic rings. The smallest absolute Gasteiger partial charge is 0.122 e. The van der Waals surface area contributed by atoms with Crippen molar-refractivity contribution in [1.29, 1.82) is 0 Å². The molecule has 4 nitrogen and oxygen atoms in total. The standard InChI is InChI=1S/C17H31N3O/c1-14(2)12-20(9-8-19(3)4)13-15-7-10-21-17(15)11-18-16-5-6-16/h7,10,14,16,18H,5-6,8-9,11-13H2,1-4H3. The fraction of sp³-hybridized carbons (Fsp3) is 0.765. The zero-order chi connectivity index (χ0) is 15.2. The first-order chi connectivity index (χ1) is 10.0. The molecule has 1 aliphatic rings. The van der Waals surface area contributed by atoms with Crippen LogP contribution in [0.1, 0.15) is 38.0 Å². The monoisotopic (exact) mass is 293 g/mol. The van der Waals surface area contributed by atoms with Gasteiger partial charge in [-0.2, -0.15) is 0 Å². The molecule has 0 atom stereocenters. The number of likely N-dealkylation sites (N-methyl/N-ethyl adjacent to an activating group) is 1. The average molecular weight is 293 g/mol. The van der Waals surface area contributed by atoms with Gasteiger partial charge >= 0.3 is 0 Å². The topological polar surface area (TPSA) is 31.6 Å². The van der Waals surface area contributed by atoms with Crippen molar-refractivity contribution >= 4 is 0 Å². The van der Waals surface area contributed by atoms with Gasteiger partial charge in [-0.25, -0.2) is 0 Å². The number of rotatable bonds is 10. The summed E-state index contributed by atoms with van der Waals surface area (Å²) < 4.78 is 5.67. The van der Waals surface area contributed by atoms with Crippen LogP contribution in [0.2, 0.25) is 0 Å². The molecule has 0 radical (unpaired) electrons. The van der Waals surface area contributed by atoms with Gasteiger partial charge in [-0.05, 0) is 38.9 Å². The summed E-state index contributed by atoms with van der Waals surface area (Å²) >= 11 is 0. The van der Waals surface area contributed by atoms with Crippen LogP contribution in [0.15, 0.2) is 16.7 Å². The van der Waals surface area contributed by atoms with E-state index in [0.29, 0.717) is 5.92 Å². The number of nitrogens with zero attached hydrogens (tertiary/aromatic N) is 2. The van der Waals surface area contributed by atoms with Crippen LogP contribution in [0, 0.1) is 5.92 Å². The minimum Gasteiger partial charge on any atom is -0.468 e. The minimum absolute atomic E-state index is 0.687. The summed E-state index contributed by atoms with van der Waals surface area (Å²) in [4.78, 5) is 4.79. The Morgan fingerprint density at radius 2 is 2.05 bits per heavy atom. The molecule has 0 spiro atoms. The molecule has 120 valence electrons. The molecule has 1 aromatic heterocycles. The van der Waals surface area contributed by atoms with E-state index < -0.39 is 0 Å². The van der Waals surface area contributed by atoms with Gasteiger partial charge in [0.1, 0.15) is 5.76 Å². The van der Waals surface area contributed by atoms with Crippen molar-refractivity contribution in [3.63, 3.8) is 0 Å². The Morgan fingerprint density at radius 1 is 1.29 bits per heavy atom. The Kier molecular flexibility index (Phi) is 6.27. The van der Waals surface area contributed by atoms with Gasteiger partial charge in [0.05, 0.1) is 12.8 Å². The molecule has 0 aromatic carbocycles. The highest BCUT2D eigenvalue weighted by Gasteiger charge is 2.21. The molecule has 1 aliphatic carbocycles. The summed E-state index contributed by atoms with van der Waals surface area (Å²) in [7, 11) is 4.27. The largest absolute Gasteiger partial charge is 0.468 e. The summed E-state index contributed by atoms with van der Waals surface area (Å²) in [6.07, 6.45) is 4.47. The number of nitrogens with one attached hydrogen (secondary N) is 1. The maximum atomic E-state index is 5.67. The summed E-state index contributed by atoms with van der Waals surface area (Å²) in [5.74, 6) is 1.80. The van der Waals surface area contributed by atoms with Crippen molar-refractivity contribution < 1.29 is 4.42 Å². The van der Waals surface area contributed by atoms with E-state index in [1.54, 1.807) is 0 Å². The third-order valence-corrected chi connectivity index (χ3v) is 3.85. The molecule has 0 unspecified atom stereocenters. The summed E-state index contributed by atoms with van der Waals surface area (Å²) in [6.45, 7) is 9.77. The number of hydrogen-bond acceptors (Lipinski definition) is 4. The quantitative estimate of drug-likeness (QED) is 0.718. The SMILES string of the molecule is CC(C)CN(CCN(C)C)Cc1ccoc1CNC1CC1. The Bertz CT molecular complexity index is 410. The van der Waals surface area contributed by atoms with E-state index in [0.717, 1.165) is 44.5 Å². The molecule has 1 N–H and O–H groups in total. The summed E-state index contributed by atoms with van der Waals surface area (Å²) in [5.41, 5.74) is 1.34. The summed E-state index contributed by atoms with van der Waals surface area (Å²) in [6, 6.07) is 2.86. The number of hydrogen-bond donors (Lipinski definition) is 1. The molecule has 0 saturated heterocycles. The molecule has 4 heteroatoms. The van der Waals surface area contributed by atoms with E-state index in [9.17, 15) is 0 Å². The Hall–Kier alpha value is -0.840. The van der Waals surface area contributed by atoms with Crippen LogP contribution in [0.5, 0.6) is 0 Å². The number of furan rings is 1. The van der Waals surface area contributed by atoms with Gasteiger partial charge in [0.2, 0.25) is 0 Å². The molecular weight excluding hydrogens is 262 g/mol. The van der Waals surface area contributed by atoms with Gasteiger partial charge in [0.15, 0.2) is 0 Å². The molecule has 1 fully saturated rings. The lowest BCUT2D eigenvalue weighted by Crippen LogP contribution is -2.34. The zero-order valence-electron chi connectivity index (χ0n) is 14.1. The van der Waals surface area contributed by atoms with Gasteiger partial charge in [-0.1, -0.05) is 13.8 Å². The van der Waals surface area contributed by atoms with Crippen LogP contribution in [-0.4, -0.2) is 49.6 Å². The van der Waals surface area contributed by atoms with Gasteiger partial charge < -0.3 is 14.6 Å². The fourth-order valence-corrected chi connectivity index (χ4v) is 2.52. The second-order valence-corrected chi connectivity index (χ2v) is 6.96. The predicted molar refractivity (Wildman–Crippen MR) is 87.2 cm³/mol. The van der Waals surface area contributed by atoms with E-state index in [1.807, 2.05) is 6.26 Å². The van der Waals surface area contributed by atoms with Crippen molar-refractivity contribution in [3.05, 3.63) is 23.7 Å². The van der Waals surface area contributed by atoms with Crippen molar-refractivity contribution in [1.82, 2.24) is 15.1 Å². The highest BCUT2D eigenvalue weighted by Crippen LogP contribution is 2.21. The molecule has 1 saturated carbocycles. The average Bonchev–Trinajstić information content (AvgIpc) is 3.13. The fourth-order valence-electron chi connectivity index (χ4n) is 2.52. The van der Waals surface area contributed by atoms with Crippen LogP contribution in [-0.2, 0) is 13.1 Å². The molecule has 0 amide bonds. The van der Waals surface area contributed by atoms with Gasteiger partial charge in [-0.3, -0.25) is 4.90 Å². The molecule has 0 bridgehead atoms. The maximum Gasteiger partial charge on any atom is 0.122 e. The first-order valence-electron chi connectivity index (χ1n) is 8.20. The van der Waals surface area contributed by atoms with Gasteiger partial charge in [-0.15, -0.1) is 0 Å². The first kappa shape index (κ1) is 16.5. The van der Waals surface area contributed by atoms with Crippen molar-refractivity contribution in [2.45, 2.75) is 45.8 Å². The van der Waals surface area contributed by atoms with E-state index >= 15 is 0 Å². The lowest BCUT2D eigenvalue weighted by molar-refractivity contribution is 0.210. The molecule has 21 heavy (non-hydrogen) atoms. The highest BCUT2D eigenvalue weighted by molar-refractivity contribution is 5.17. The Morgan fingerprint density at radius 3 is 2.67 bits per heavy atom. The van der Waals surface area contributed by atoms with Gasteiger partial charge in [0, 0.05) is 37.8 Å². The molecule has 0 aliphatic heterocycles. The third kappa shape index (κ3) is 6.20. The van der Waals surface area contributed by atoms with E-state index in [1.165, 1.54) is 18.4 Å². The van der Waals surface area contributed by atoms with Crippen LogP contribution in [0.4, 0.5) is 0 Å². The van der Waals surface area contributed by atoms with Crippen molar-refractivity contribution in [3.8, 4) is 0 Å².